The molecule has 10 nitrogen and oxygen atoms in total. The third-order valence-corrected chi connectivity index (χ3v) is 25.5. The van der Waals surface area contributed by atoms with E-state index in [-0.39, 0.29) is 0 Å². The maximum absolute atomic E-state index is 10.3. The number of rotatable bonds is 11. The van der Waals surface area contributed by atoms with Crippen molar-refractivity contribution >= 4 is 125 Å². The first-order chi connectivity index (χ1) is 64.9. The molecule has 26 aromatic rings. The van der Waals surface area contributed by atoms with Crippen LogP contribution in [0.5, 0.6) is 0 Å². The lowest BCUT2D eigenvalue weighted by atomic mass is 9.95. The Morgan fingerprint density at radius 1 is 0.191 bits per heavy atom. The summed E-state index contributed by atoms with van der Waals surface area (Å²) in [5.41, 5.74) is 25.5. The van der Waals surface area contributed by atoms with Crippen LogP contribution in [0, 0.1) is 11.3 Å². The molecule has 0 aliphatic carbocycles. The van der Waals surface area contributed by atoms with E-state index in [9.17, 15) is 5.26 Å². The van der Waals surface area contributed by atoms with Gasteiger partial charge in [-0.15, -0.1) is 0 Å². The van der Waals surface area contributed by atoms with Gasteiger partial charge in [0.15, 0.2) is 23.3 Å². The minimum atomic E-state index is 0.462. The lowest BCUT2D eigenvalue weighted by molar-refractivity contribution is 1.07. The number of para-hydroxylation sites is 5. The van der Waals surface area contributed by atoms with Crippen molar-refractivity contribution in [2.24, 2.45) is 0 Å². The molecule has 0 radical (unpaired) electrons. The van der Waals surface area contributed by atoms with Gasteiger partial charge in [0.1, 0.15) is 17.3 Å². The van der Waals surface area contributed by atoms with E-state index < -0.39 is 0 Å². The zero-order valence-electron chi connectivity index (χ0n) is 70.9. The monoisotopic (exact) mass is 1670 g/mol. The fraction of sp³-hybridized carbons (Fsp3) is 0. The summed E-state index contributed by atoms with van der Waals surface area (Å²) in [6, 6.07) is 164. The number of hydrogen-bond donors (Lipinski definition) is 0. The second-order valence-corrected chi connectivity index (χ2v) is 33.1. The molecule has 0 saturated heterocycles. The third kappa shape index (κ3) is 13.8. The van der Waals surface area contributed by atoms with E-state index >= 15 is 0 Å². The maximum Gasteiger partial charge on any atom is 0.164 e. The molecule has 0 N–H and O–H groups in total. The molecule has 0 fully saturated rings. The van der Waals surface area contributed by atoms with Crippen LogP contribution < -0.4 is 0 Å². The first-order valence-electron chi connectivity index (χ1n) is 44.1. The van der Waals surface area contributed by atoms with Crippen molar-refractivity contribution in [2.75, 3.05) is 0 Å². The van der Waals surface area contributed by atoms with E-state index in [1.54, 1.807) is 0 Å². The largest absolute Gasteiger partial charge is 0.309 e. The first-order valence-corrected chi connectivity index (χ1v) is 44.1. The van der Waals surface area contributed by atoms with Crippen LogP contribution in [-0.2, 0) is 0 Å². The van der Waals surface area contributed by atoms with Crippen LogP contribution in [0.2, 0.25) is 0 Å². The summed E-state index contributed by atoms with van der Waals surface area (Å²) in [4.78, 5) is 29.5. The fourth-order valence-electron chi connectivity index (χ4n) is 19.2. The summed E-state index contributed by atoms with van der Waals surface area (Å²) in [6.45, 7) is 0. The molecule has 6 heterocycles. The molecular weight excluding hydrogens is 1590 g/mol. The van der Waals surface area contributed by atoms with Crippen molar-refractivity contribution in [3.63, 3.8) is 0 Å². The minimum Gasteiger partial charge on any atom is -0.309 e. The molecule has 131 heavy (non-hydrogen) atoms. The molecule has 26 rings (SSSR count). The van der Waals surface area contributed by atoms with Gasteiger partial charge in [-0.05, 0) is 155 Å². The van der Waals surface area contributed by atoms with E-state index in [2.05, 4.69) is 347 Å². The Hall–Kier alpha value is -17.9. The number of fused-ring (bicyclic) bond motifs is 21. The average molecular weight is 1670 g/mol. The normalized spacial score (nSPS) is 11.5. The minimum absolute atomic E-state index is 0.462. The highest BCUT2D eigenvalue weighted by atomic mass is 15.0. The van der Waals surface area contributed by atoms with Crippen molar-refractivity contribution in [3.05, 3.63) is 467 Å². The molecule has 0 amide bonds. The van der Waals surface area contributed by atoms with Crippen LogP contribution in [0.15, 0.2) is 461 Å². The number of pyridine rings is 1. The van der Waals surface area contributed by atoms with E-state index in [0.717, 1.165) is 83.7 Å². The number of imidazole rings is 1. The highest BCUT2D eigenvalue weighted by Crippen LogP contribution is 2.44. The van der Waals surface area contributed by atoms with E-state index in [0.29, 0.717) is 40.2 Å². The smallest absolute Gasteiger partial charge is 0.164 e. The average Bonchev–Trinajstić information content (AvgIpc) is 1.58. The summed E-state index contributed by atoms with van der Waals surface area (Å²) in [5.74, 6) is 2.56. The molecule has 0 bridgehead atoms. The summed E-state index contributed by atoms with van der Waals surface area (Å²) in [5, 5.41) is 29.2. The highest BCUT2D eigenvalue weighted by Gasteiger charge is 2.23. The zero-order valence-corrected chi connectivity index (χ0v) is 70.9. The predicted molar refractivity (Wildman–Crippen MR) is 542 cm³/mol. The van der Waals surface area contributed by atoms with Crippen LogP contribution in [-0.4, -0.2) is 43.4 Å². The van der Waals surface area contributed by atoms with Gasteiger partial charge in [0.05, 0.1) is 50.0 Å². The van der Waals surface area contributed by atoms with E-state index in [1.807, 2.05) is 133 Å². The van der Waals surface area contributed by atoms with E-state index in [4.69, 9.17) is 29.9 Å². The van der Waals surface area contributed by atoms with Gasteiger partial charge >= 0.3 is 0 Å². The second-order valence-electron chi connectivity index (χ2n) is 33.1. The quantitative estimate of drug-likeness (QED) is 0.118. The number of hydrogen-bond acceptors (Lipinski definition) is 7. The molecule has 20 aromatic carbocycles. The molecule has 0 spiro atoms. The summed E-state index contributed by atoms with van der Waals surface area (Å²) in [6.07, 6.45) is 0. The molecule has 0 saturated carbocycles. The topological polar surface area (TPSA) is 115 Å². The Kier molecular flexibility index (Phi) is 19.1. The first kappa shape index (κ1) is 76.7. The Morgan fingerprint density at radius 2 is 0.519 bits per heavy atom. The van der Waals surface area contributed by atoms with Crippen molar-refractivity contribution in [2.45, 2.75) is 0 Å². The van der Waals surface area contributed by atoms with Crippen LogP contribution in [0.4, 0.5) is 0 Å². The van der Waals surface area contributed by atoms with Crippen molar-refractivity contribution in [1.82, 2.24) is 43.4 Å². The van der Waals surface area contributed by atoms with Gasteiger partial charge in [-0.2, -0.15) is 5.26 Å². The maximum atomic E-state index is 10.3. The summed E-state index contributed by atoms with van der Waals surface area (Å²) < 4.78 is 7.05. The Balaban J connectivity index is 0.000000109. The van der Waals surface area contributed by atoms with Crippen LogP contribution in [0.25, 0.3) is 238 Å². The Labute approximate surface area is 754 Å². The number of aromatic nitrogens is 9. The number of nitrogens with zero attached hydrogens (tertiary/aromatic N) is 10. The molecule has 610 valence electrons. The molecule has 0 unspecified atom stereocenters. The van der Waals surface area contributed by atoms with Crippen LogP contribution in [0.3, 0.4) is 0 Å². The fourth-order valence-corrected chi connectivity index (χ4v) is 19.2. The van der Waals surface area contributed by atoms with Gasteiger partial charge in [-0.25, -0.2) is 29.9 Å². The van der Waals surface area contributed by atoms with Gasteiger partial charge in [0.25, 0.3) is 0 Å². The predicted octanol–water partition coefficient (Wildman–Crippen LogP) is 30.8. The number of nitriles is 1. The van der Waals surface area contributed by atoms with Crippen molar-refractivity contribution in [3.8, 4) is 119 Å². The van der Waals surface area contributed by atoms with Gasteiger partial charge in [-0.1, -0.05) is 382 Å². The van der Waals surface area contributed by atoms with Gasteiger partial charge in [0, 0.05) is 82.5 Å². The van der Waals surface area contributed by atoms with Gasteiger partial charge in [-0.3, -0.25) is 4.40 Å². The highest BCUT2D eigenvalue weighted by molar-refractivity contribution is 6.25. The molecule has 6 aromatic heterocycles. The van der Waals surface area contributed by atoms with Crippen molar-refractivity contribution in [1.29, 1.82) is 5.26 Å². The summed E-state index contributed by atoms with van der Waals surface area (Å²) in [7, 11) is 0. The van der Waals surface area contributed by atoms with Crippen molar-refractivity contribution < 1.29 is 0 Å². The van der Waals surface area contributed by atoms with Crippen LogP contribution in [0.1, 0.15) is 5.56 Å². The molecular formula is C121H76N10. The second kappa shape index (κ2) is 32.6. The third-order valence-electron chi connectivity index (χ3n) is 25.5. The van der Waals surface area contributed by atoms with E-state index in [1.165, 1.54) is 120 Å². The number of benzene rings is 20. The molecule has 10 heteroatoms. The standard InChI is InChI=1S/C43H28N4.C41H26N4.C37H22N2/c1-3-12-32(13-4-1)41-44-42(33-14-5-2-6-15-33)46-43(45-41)34-21-19-29(20-22-34)30-23-26-35(27-24-30)47-38-18-10-9-17-37(38)40-36-16-8-7-11-31(36)25-28-39(40)47;42-27-36-39(30-11-3-1-4-12-30)43-41(32-13-5-2-6-14-32)44-40(36)31-21-19-28(20-22-31)29-23-25-33(26-24-29)45-37-17-9-7-15-34(37)35-16-8-10-18-38(35)45;1-3-9-28-23(7-1)13-14-25-15-16-26(21-32(25)28)27-18-19-30-35(22-27)39-34-12-6-5-11-33(34)38-37(39)31-20-17-24-8-2-4-10-29(24)36(30)31/h1-28H;1-26H;1-22H. The lowest BCUT2D eigenvalue weighted by Crippen LogP contribution is -2.01. The van der Waals surface area contributed by atoms with Gasteiger partial charge in [0.2, 0.25) is 0 Å². The molecule has 0 aliphatic rings. The Bertz CT molecular complexity index is 8880. The molecule has 0 atom stereocenters. The molecule has 0 aliphatic heterocycles. The van der Waals surface area contributed by atoms with Gasteiger partial charge < -0.3 is 9.13 Å². The Morgan fingerprint density at radius 3 is 1.05 bits per heavy atom. The van der Waals surface area contributed by atoms with Crippen LogP contribution >= 0.6 is 0 Å². The summed E-state index contributed by atoms with van der Waals surface area (Å²) >= 11 is 0. The zero-order chi connectivity index (χ0) is 86.8. The SMILES string of the molecule is N#Cc1c(-c2ccccc2)nc(-c2ccccc2)nc1-c1ccc(-c2ccc(-n3c4ccccc4c4ccccc43)cc2)cc1.c1ccc(-c2nc(-c3ccccc3)nc(-c3ccc(-c4ccc(-n5c6ccccc6c6c7ccccc7ccc65)cc4)cc3)n2)cc1.c1ccc2c(c1)ccc1ccc(-c3ccc4c5c6ccccc6ccc5c5nc6ccccc6n5c4c3)cc12. The lowest BCUT2D eigenvalue weighted by Gasteiger charge is -2.14.